The number of carbonyl (C=O) groups is 3. The van der Waals surface area contributed by atoms with E-state index in [9.17, 15) is 14.4 Å². The molecular weight excluding hydrogens is 396 g/mol. The standard InChI is InChI=1S/C20H14N2O4S2/c1-11-5-4-6-12(9-11)22-19(26)17(28-20(22)27)16-13-7-2-3-8-14(13)21(18(16)25)10-15(23)24/h2-9H,10H2,1H3,(H,23,24). The number of amides is 2. The van der Waals surface area contributed by atoms with Crippen molar-refractivity contribution < 1.29 is 19.5 Å². The van der Waals surface area contributed by atoms with Crippen molar-refractivity contribution in [1.82, 2.24) is 0 Å². The van der Waals surface area contributed by atoms with Crippen LogP contribution in [0.5, 0.6) is 0 Å². The van der Waals surface area contributed by atoms with E-state index in [1.807, 2.05) is 25.1 Å². The highest BCUT2D eigenvalue weighted by atomic mass is 32.2. The molecule has 6 nitrogen and oxygen atoms in total. The predicted octanol–water partition coefficient (Wildman–Crippen LogP) is 3.20. The number of para-hydroxylation sites is 1. The van der Waals surface area contributed by atoms with Crippen LogP contribution in [-0.4, -0.2) is 33.8 Å². The number of hydrogen-bond donors (Lipinski definition) is 1. The number of carbonyl (C=O) groups excluding carboxylic acids is 2. The van der Waals surface area contributed by atoms with Gasteiger partial charge >= 0.3 is 5.97 Å². The molecule has 2 aromatic rings. The highest BCUT2D eigenvalue weighted by Crippen LogP contribution is 2.45. The zero-order chi connectivity index (χ0) is 20.0. The number of thiocarbonyl (C=S) groups is 1. The maximum absolute atomic E-state index is 13.2. The Morgan fingerprint density at radius 1 is 1.11 bits per heavy atom. The Balaban J connectivity index is 1.83. The van der Waals surface area contributed by atoms with Crippen molar-refractivity contribution in [3.63, 3.8) is 0 Å². The molecule has 8 heteroatoms. The van der Waals surface area contributed by atoms with Gasteiger partial charge in [0.25, 0.3) is 11.8 Å². The van der Waals surface area contributed by atoms with Gasteiger partial charge in [0.15, 0.2) is 4.32 Å². The lowest BCUT2D eigenvalue weighted by molar-refractivity contribution is -0.136. The summed E-state index contributed by atoms with van der Waals surface area (Å²) >= 11 is 6.47. The van der Waals surface area contributed by atoms with E-state index >= 15 is 0 Å². The van der Waals surface area contributed by atoms with E-state index in [0.29, 0.717) is 21.3 Å². The lowest BCUT2D eigenvalue weighted by Crippen LogP contribution is -2.32. The minimum Gasteiger partial charge on any atom is -0.480 e. The van der Waals surface area contributed by atoms with E-state index in [0.717, 1.165) is 17.3 Å². The highest BCUT2D eigenvalue weighted by molar-refractivity contribution is 8.27. The monoisotopic (exact) mass is 410 g/mol. The molecule has 0 unspecified atom stereocenters. The van der Waals surface area contributed by atoms with Crippen molar-refractivity contribution >= 4 is 63.0 Å². The number of fused-ring (bicyclic) bond motifs is 1. The number of benzene rings is 2. The number of nitrogens with zero attached hydrogens (tertiary/aromatic N) is 2. The molecule has 0 aliphatic carbocycles. The van der Waals surface area contributed by atoms with Crippen LogP contribution in [-0.2, 0) is 14.4 Å². The van der Waals surface area contributed by atoms with Crippen molar-refractivity contribution in [2.45, 2.75) is 6.92 Å². The van der Waals surface area contributed by atoms with E-state index in [2.05, 4.69) is 0 Å². The molecule has 4 rings (SSSR count). The van der Waals surface area contributed by atoms with Gasteiger partial charge in [-0.25, -0.2) is 0 Å². The minimum absolute atomic E-state index is 0.198. The number of hydrogen-bond acceptors (Lipinski definition) is 5. The Morgan fingerprint density at radius 3 is 2.57 bits per heavy atom. The molecule has 140 valence electrons. The maximum Gasteiger partial charge on any atom is 0.323 e. The Labute approximate surface area is 170 Å². The normalized spacial score (nSPS) is 18.8. The Kier molecular flexibility index (Phi) is 4.52. The largest absolute Gasteiger partial charge is 0.480 e. The number of aliphatic carboxylic acids is 1. The van der Waals surface area contributed by atoms with Crippen LogP contribution < -0.4 is 9.80 Å². The van der Waals surface area contributed by atoms with E-state index in [-0.39, 0.29) is 16.4 Å². The van der Waals surface area contributed by atoms with Gasteiger partial charge in [-0.05, 0) is 30.7 Å². The van der Waals surface area contributed by atoms with Gasteiger partial charge in [-0.1, -0.05) is 54.3 Å². The summed E-state index contributed by atoms with van der Waals surface area (Å²) in [6, 6.07) is 14.2. The van der Waals surface area contributed by atoms with Gasteiger partial charge in [-0.2, -0.15) is 0 Å². The molecule has 28 heavy (non-hydrogen) atoms. The first-order chi connectivity index (χ1) is 13.4. The molecule has 2 aromatic carbocycles. The molecule has 2 heterocycles. The fourth-order valence-electron chi connectivity index (χ4n) is 3.30. The van der Waals surface area contributed by atoms with E-state index in [1.165, 1.54) is 9.80 Å². The molecule has 1 saturated heterocycles. The number of aryl methyl sites for hydroxylation is 1. The number of rotatable bonds is 3. The number of anilines is 2. The number of carboxylic acid groups (broad SMARTS) is 1. The fourth-order valence-corrected chi connectivity index (χ4v) is 4.67. The third-order valence-electron chi connectivity index (χ3n) is 4.47. The van der Waals surface area contributed by atoms with Crippen LogP contribution in [0.25, 0.3) is 5.57 Å². The summed E-state index contributed by atoms with van der Waals surface area (Å²) in [5.74, 6) is -2.01. The molecule has 2 aliphatic rings. The first kappa shape index (κ1) is 18.4. The van der Waals surface area contributed by atoms with Crippen LogP contribution in [0, 0.1) is 6.92 Å². The highest BCUT2D eigenvalue weighted by Gasteiger charge is 2.42. The van der Waals surface area contributed by atoms with Gasteiger partial charge in [-0.3, -0.25) is 24.2 Å². The zero-order valence-electron chi connectivity index (χ0n) is 14.7. The van der Waals surface area contributed by atoms with Gasteiger partial charge in [0, 0.05) is 5.56 Å². The fraction of sp³-hybridized carbons (Fsp3) is 0.100. The zero-order valence-corrected chi connectivity index (χ0v) is 16.3. The first-order valence-corrected chi connectivity index (χ1v) is 9.61. The van der Waals surface area contributed by atoms with Gasteiger partial charge in [-0.15, -0.1) is 0 Å². The van der Waals surface area contributed by atoms with E-state index in [1.54, 1.807) is 30.3 Å². The average molecular weight is 410 g/mol. The minimum atomic E-state index is -1.13. The molecule has 0 atom stereocenters. The summed E-state index contributed by atoms with van der Waals surface area (Å²) in [6.45, 7) is 1.44. The van der Waals surface area contributed by atoms with Crippen molar-refractivity contribution in [2.24, 2.45) is 0 Å². The summed E-state index contributed by atoms with van der Waals surface area (Å²) in [4.78, 5) is 40.2. The molecule has 2 aliphatic heterocycles. The second kappa shape index (κ2) is 6.88. The summed E-state index contributed by atoms with van der Waals surface area (Å²) in [6.07, 6.45) is 0. The lowest BCUT2D eigenvalue weighted by Gasteiger charge is -2.15. The summed E-state index contributed by atoms with van der Waals surface area (Å²) in [7, 11) is 0. The third kappa shape index (κ3) is 2.90. The van der Waals surface area contributed by atoms with Crippen molar-refractivity contribution in [3.05, 3.63) is 64.6 Å². The van der Waals surface area contributed by atoms with Gasteiger partial charge in [0.1, 0.15) is 6.54 Å². The van der Waals surface area contributed by atoms with Crippen molar-refractivity contribution in [1.29, 1.82) is 0 Å². The molecule has 0 aromatic heterocycles. The van der Waals surface area contributed by atoms with Crippen LogP contribution in [0.1, 0.15) is 11.1 Å². The second-order valence-electron chi connectivity index (χ2n) is 6.35. The van der Waals surface area contributed by atoms with Gasteiger partial charge in [0.2, 0.25) is 0 Å². The summed E-state index contributed by atoms with van der Waals surface area (Å²) < 4.78 is 0.333. The van der Waals surface area contributed by atoms with E-state index < -0.39 is 18.4 Å². The molecule has 0 saturated carbocycles. The molecular formula is C20H14N2O4S2. The second-order valence-corrected chi connectivity index (χ2v) is 8.00. The smallest absolute Gasteiger partial charge is 0.323 e. The predicted molar refractivity (Wildman–Crippen MR) is 112 cm³/mol. The Hall–Kier alpha value is -2.97. The molecule has 1 N–H and O–H groups in total. The van der Waals surface area contributed by atoms with Crippen LogP contribution in [0.3, 0.4) is 0 Å². The van der Waals surface area contributed by atoms with Crippen LogP contribution >= 0.6 is 24.0 Å². The molecule has 0 spiro atoms. The summed E-state index contributed by atoms with van der Waals surface area (Å²) in [5.41, 5.74) is 2.84. The molecule has 0 bridgehead atoms. The molecule has 0 radical (unpaired) electrons. The van der Waals surface area contributed by atoms with E-state index in [4.69, 9.17) is 17.3 Å². The van der Waals surface area contributed by atoms with Crippen LogP contribution in [0.15, 0.2) is 53.4 Å². The van der Waals surface area contributed by atoms with Crippen LogP contribution in [0.4, 0.5) is 11.4 Å². The molecule has 1 fully saturated rings. The quantitative estimate of drug-likeness (QED) is 0.619. The number of carboxylic acids is 1. The summed E-state index contributed by atoms with van der Waals surface area (Å²) in [5, 5.41) is 9.17. The van der Waals surface area contributed by atoms with Crippen molar-refractivity contribution in [2.75, 3.05) is 16.3 Å². The van der Waals surface area contributed by atoms with Crippen molar-refractivity contribution in [3.8, 4) is 0 Å². The number of thioether (sulfide) groups is 1. The maximum atomic E-state index is 13.2. The third-order valence-corrected chi connectivity index (χ3v) is 5.85. The van der Waals surface area contributed by atoms with Crippen LogP contribution in [0.2, 0.25) is 0 Å². The Morgan fingerprint density at radius 2 is 1.86 bits per heavy atom. The SMILES string of the molecule is Cc1cccc(N2C(=O)C(=C3C(=O)N(CC(=O)O)c4ccccc43)SC2=S)c1. The Bertz CT molecular complexity index is 1090. The first-order valence-electron chi connectivity index (χ1n) is 8.38. The topological polar surface area (TPSA) is 77.9 Å². The van der Waals surface area contributed by atoms with Gasteiger partial charge < -0.3 is 5.11 Å². The average Bonchev–Trinajstić information content (AvgIpc) is 3.08. The molecule has 2 amide bonds. The lowest BCUT2D eigenvalue weighted by atomic mass is 10.1. The van der Waals surface area contributed by atoms with Gasteiger partial charge in [0.05, 0.1) is 21.9 Å².